The van der Waals surface area contributed by atoms with Crippen LogP contribution < -0.4 is 0 Å². The van der Waals surface area contributed by atoms with Gasteiger partial charge in [-0.15, -0.1) is 0 Å². The first kappa shape index (κ1) is 11.3. The molecule has 0 aliphatic rings. The summed E-state index contributed by atoms with van der Waals surface area (Å²) in [7, 11) is -3.75. The SMILES string of the molecule is C[Si](C)(C)O[Si](C)(CO)CO. The van der Waals surface area contributed by atoms with Crippen LogP contribution in [0.3, 0.4) is 0 Å². The van der Waals surface area contributed by atoms with Crippen LogP contribution in [0.15, 0.2) is 0 Å². The zero-order chi connectivity index (χ0) is 9.12. The highest BCUT2D eigenvalue weighted by molar-refractivity contribution is 6.84. The van der Waals surface area contributed by atoms with E-state index in [0.717, 1.165) is 0 Å². The summed E-state index contributed by atoms with van der Waals surface area (Å²) in [6.45, 7) is 8.03. The van der Waals surface area contributed by atoms with Crippen molar-refractivity contribution < 1.29 is 14.3 Å². The van der Waals surface area contributed by atoms with E-state index in [9.17, 15) is 0 Å². The van der Waals surface area contributed by atoms with Gasteiger partial charge in [0.25, 0.3) is 0 Å². The molecule has 0 aromatic rings. The minimum atomic E-state index is -2.16. The Bertz CT molecular complexity index is 117. The Morgan fingerprint density at radius 3 is 1.45 bits per heavy atom. The van der Waals surface area contributed by atoms with Crippen LogP contribution in [0, 0.1) is 0 Å². The predicted molar refractivity (Wildman–Crippen MR) is 50.2 cm³/mol. The predicted octanol–water partition coefficient (Wildman–Crippen LogP) is 0.476. The molecule has 0 aliphatic heterocycles. The lowest BCUT2D eigenvalue weighted by molar-refractivity contribution is 0.286. The zero-order valence-electron chi connectivity index (χ0n) is 7.72. The Hall–Kier alpha value is 0.314. The van der Waals surface area contributed by atoms with E-state index in [1.54, 1.807) is 0 Å². The highest BCUT2D eigenvalue weighted by atomic mass is 28.4. The number of rotatable bonds is 4. The Balaban J connectivity index is 4.08. The molecule has 2 N–H and O–H groups in total. The molecule has 0 fully saturated rings. The number of aliphatic hydroxyl groups is 2. The van der Waals surface area contributed by atoms with E-state index < -0.39 is 16.6 Å². The average Bonchev–Trinajstić information content (AvgIpc) is 1.84. The zero-order valence-corrected chi connectivity index (χ0v) is 9.72. The van der Waals surface area contributed by atoms with E-state index in [4.69, 9.17) is 14.3 Å². The normalized spacial score (nSPS) is 13.6. The largest absolute Gasteiger partial charge is 0.453 e. The van der Waals surface area contributed by atoms with Crippen LogP contribution in [0.5, 0.6) is 0 Å². The lowest BCUT2D eigenvalue weighted by atomic mass is 11.6. The number of aliphatic hydroxyl groups excluding tert-OH is 2. The maximum Gasteiger partial charge on any atom is 0.228 e. The van der Waals surface area contributed by atoms with Gasteiger partial charge in [0.2, 0.25) is 8.32 Å². The molecule has 68 valence electrons. The fourth-order valence-electron chi connectivity index (χ4n) is 0.854. The summed E-state index contributed by atoms with van der Waals surface area (Å²) in [5.74, 6) is 0. The van der Waals surface area contributed by atoms with Crippen LogP contribution in [-0.2, 0) is 4.12 Å². The first-order valence-corrected chi connectivity index (χ1v) is 9.98. The minimum absolute atomic E-state index is 0.00771. The van der Waals surface area contributed by atoms with Gasteiger partial charge in [-0.1, -0.05) is 0 Å². The van der Waals surface area contributed by atoms with Crippen LogP contribution in [-0.4, -0.2) is 39.3 Å². The third-order valence-corrected chi connectivity index (χ3v) is 6.98. The summed E-state index contributed by atoms with van der Waals surface area (Å²) < 4.78 is 5.70. The van der Waals surface area contributed by atoms with Crippen LogP contribution in [0.2, 0.25) is 26.2 Å². The van der Waals surface area contributed by atoms with Crippen molar-refractivity contribution in [3.63, 3.8) is 0 Å². The summed E-state index contributed by atoms with van der Waals surface area (Å²) in [5, 5.41) is 17.9. The molecule has 0 unspecified atom stereocenters. The Morgan fingerprint density at radius 2 is 1.36 bits per heavy atom. The van der Waals surface area contributed by atoms with Crippen molar-refractivity contribution in [2.24, 2.45) is 0 Å². The van der Waals surface area contributed by atoms with Gasteiger partial charge in [0.1, 0.15) is 0 Å². The standard InChI is InChI=1S/C6H18O3Si2/c1-10(2,3)9-11(4,5-7)6-8/h7-8H,5-6H2,1-4H3. The molecule has 0 saturated heterocycles. The monoisotopic (exact) mass is 194 g/mol. The second-order valence-corrected chi connectivity index (χ2v) is 12.6. The van der Waals surface area contributed by atoms with Gasteiger partial charge in [-0.05, 0) is 26.2 Å². The molecule has 0 spiro atoms. The number of hydrogen-bond donors (Lipinski definition) is 2. The van der Waals surface area contributed by atoms with E-state index in [-0.39, 0.29) is 12.5 Å². The topological polar surface area (TPSA) is 49.7 Å². The van der Waals surface area contributed by atoms with Gasteiger partial charge >= 0.3 is 0 Å². The first-order chi connectivity index (χ1) is 4.83. The highest BCUT2D eigenvalue weighted by Gasteiger charge is 2.33. The minimum Gasteiger partial charge on any atom is -0.453 e. The van der Waals surface area contributed by atoms with Crippen molar-refractivity contribution >= 4 is 16.6 Å². The van der Waals surface area contributed by atoms with Gasteiger partial charge in [0.15, 0.2) is 8.32 Å². The third kappa shape index (κ3) is 4.70. The lowest BCUT2D eigenvalue weighted by Crippen LogP contribution is -2.51. The van der Waals surface area contributed by atoms with E-state index in [1.807, 2.05) is 6.55 Å². The third-order valence-electron chi connectivity index (χ3n) is 1.22. The fourth-order valence-corrected chi connectivity index (χ4v) is 7.38. The molecule has 5 heteroatoms. The van der Waals surface area contributed by atoms with Gasteiger partial charge in [-0.3, -0.25) is 0 Å². The molecule has 0 amide bonds. The van der Waals surface area contributed by atoms with Crippen LogP contribution in [0.4, 0.5) is 0 Å². The summed E-state index contributed by atoms with van der Waals surface area (Å²) in [5.41, 5.74) is 0. The molecule has 0 bridgehead atoms. The summed E-state index contributed by atoms with van der Waals surface area (Å²) in [6, 6.07) is 0. The fraction of sp³-hybridized carbons (Fsp3) is 1.00. The Kier molecular flexibility index (Phi) is 3.92. The van der Waals surface area contributed by atoms with Crippen molar-refractivity contribution in [2.75, 3.05) is 12.5 Å². The molecule has 0 atom stereocenters. The second-order valence-electron chi connectivity index (χ2n) is 3.98. The second kappa shape index (κ2) is 3.82. The van der Waals surface area contributed by atoms with Crippen LogP contribution in [0.25, 0.3) is 0 Å². The van der Waals surface area contributed by atoms with Crippen LogP contribution in [0.1, 0.15) is 0 Å². The number of hydrogen-bond acceptors (Lipinski definition) is 3. The van der Waals surface area contributed by atoms with Crippen molar-refractivity contribution in [1.29, 1.82) is 0 Å². The Morgan fingerprint density at radius 1 is 1.00 bits per heavy atom. The van der Waals surface area contributed by atoms with Gasteiger partial charge in [0, 0.05) is 0 Å². The van der Waals surface area contributed by atoms with E-state index in [2.05, 4.69) is 19.6 Å². The molecule has 0 aromatic heterocycles. The molecular formula is C6H18O3Si2. The highest BCUT2D eigenvalue weighted by Crippen LogP contribution is 2.12. The van der Waals surface area contributed by atoms with Gasteiger partial charge in [0.05, 0.1) is 12.5 Å². The maximum atomic E-state index is 8.95. The summed E-state index contributed by atoms with van der Waals surface area (Å²) >= 11 is 0. The summed E-state index contributed by atoms with van der Waals surface area (Å²) in [6.07, 6.45) is 0.0154. The van der Waals surface area contributed by atoms with Crippen molar-refractivity contribution in [3.05, 3.63) is 0 Å². The van der Waals surface area contributed by atoms with Crippen molar-refractivity contribution in [1.82, 2.24) is 0 Å². The molecule has 3 nitrogen and oxygen atoms in total. The van der Waals surface area contributed by atoms with E-state index in [0.29, 0.717) is 0 Å². The van der Waals surface area contributed by atoms with Crippen molar-refractivity contribution in [2.45, 2.75) is 26.2 Å². The quantitative estimate of drug-likeness (QED) is 0.640. The Labute approximate surface area is 70.3 Å². The molecule has 0 rings (SSSR count). The molecule has 0 radical (unpaired) electrons. The summed E-state index contributed by atoms with van der Waals surface area (Å²) in [4.78, 5) is 0. The van der Waals surface area contributed by atoms with E-state index in [1.165, 1.54) is 0 Å². The van der Waals surface area contributed by atoms with Crippen LogP contribution >= 0.6 is 0 Å². The van der Waals surface area contributed by atoms with Gasteiger partial charge in [-0.25, -0.2) is 0 Å². The lowest BCUT2D eigenvalue weighted by Gasteiger charge is -2.31. The smallest absolute Gasteiger partial charge is 0.228 e. The van der Waals surface area contributed by atoms with Gasteiger partial charge in [-0.2, -0.15) is 0 Å². The van der Waals surface area contributed by atoms with E-state index >= 15 is 0 Å². The van der Waals surface area contributed by atoms with Crippen molar-refractivity contribution in [3.8, 4) is 0 Å². The maximum absolute atomic E-state index is 8.95. The average molecular weight is 194 g/mol. The van der Waals surface area contributed by atoms with Gasteiger partial charge < -0.3 is 14.3 Å². The molecule has 0 saturated carbocycles. The first-order valence-electron chi connectivity index (χ1n) is 3.75. The molecule has 0 aliphatic carbocycles. The molecule has 0 aromatic carbocycles. The molecular weight excluding hydrogens is 176 g/mol. The molecule has 11 heavy (non-hydrogen) atoms. The molecule has 0 heterocycles.